The normalized spacial score (nSPS) is 12.8. The molecule has 0 amide bonds. The Hall–Kier alpha value is -1.91. The first-order valence-corrected chi connectivity index (χ1v) is 6.50. The highest BCUT2D eigenvalue weighted by Gasteiger charge is 2.17. The highest BCUT2D eigenvalue weighted by Crippen LogP contribution is 2.30. The van der Waals surface area contributed by atoms with Gasteiger partial charge in [-0.2, -0.15) is 0 Å². The van der Waals surface area contributed by atoms with E-state index < -0.39 is 11.9 Å². The molecule has 0 spiro atoms. The monoisotopic (exact) mass is 290 g/mol. The largest absolute Gasteiger partial charge is 0.457 e. The SMILES string of the molecule is Cc1ccc2oc(C(N)c3ccc(F)cc3Cl)cc2n1. The third kappa shape index (κ3) is 2.28. The van der Waals surface area contributed by atoms with Crippen LogP contribution in [0.4, 0.5) is 4.39 Å². The predicted octanol–water partition coefficient (Wildman–Crippen LogP) is 3.98. The molecule has 0 aliphatic heterocycles. The lowest BCUT2D eigenvalue weighted by atomic mass is 10.1. The van der Waals surface area contributed by atoms with Crippen LogP contribution in [0.25, 0.3) is 11.1 Å². The molecule has 3 rings (SSSR count). The number of hydrogen-bond donors (Lipinski definition) is 1. The van der Waals surface area contributed by atoms with Crippen molar-refractivity contribution in [1.29, 1.82) is 0 Å². The average molecular weight is 291 g/mol. The fourth-order valence-electron chi connectivity index (χ4n) is 2.11. The number of pyridine rings is 1. The smallest absolute Gasteiger partial charge is 0.152 e. The van der Waals surface area contributed by atoms with Gasteiger partial charge in [-0.25, -0.2) is 9.37 Å². The van der Waals surface area contributed by atoms with Crippen molar-refractivity contribution in [1.82, 2.24) is 4.98 Å². The number of aryl methyl sites for hydroxylation is 1. The van der Waals surface area contributed by atoms with Crippen LogP contribution in [0, 0.1) is 12.7 Å². The Morgan fingerprint density at radius 3 is 2.80 bits per heavy atom. The molecule has 0 bridgehead atoms. The fraction of sp³-hybridized carbons (Fsp3) is 0.133. The zero-order valence-corrected chi connectivity index (χ0v) is 11.5. The number of hydrogen-bond acceptors (Lipinski definition) is 3. The number of rotatable bonds is 2. The third-order valence-corrected chi connectivity index (χ3v) is 3.46. The Morgan fingerprint density at radius 2 is 2.05 bits per heavy atom. The van der Waals surface area contributed by atoms with Crippen molar-refractivity contribution in [2.45, 2.75) is 13.0 Å². The number of nitrogens with two attached hydrogens (primary N) is 1. The average Bonchev–Trinajstić information content (AvgIpc) is 2.81. The van der Waals surface area contributed by atoms with E-state index in [0.717, 1.165) is 11.2 Å². The molecule has 2 aromatic heterocycles. The van der Waals surface area contributed by atoms with Crippen molar-refractivity contribution >= 4 is 22.7 Å². The molecule has 20 heavy (non-hydrogen) atoms. The van der Waals surface area contributed by atoms with Crippen LogP contribution >= 0.6 is 11.6 Å². The van der Waals surface area contributed by atoms with E-state index in [1.54, 1.807) is 12.1 Å². The minimum atomic E-state index is -0.558. The number of benzene rings is 1. The van der Waals surface area contributed by atoms with E-state index in [1.165, 1.54) is 12.1 Å². The van der Waals surface area contributed by atoms with Gasteiger partial charge >= 0.3 is 0 Å². The molecule has 102 valence electrons. The van der Waals surface area contributed by atoms with Crippen LogP contribution in [-0.4, -0.2) is 4.98 Å². The molecule has 5 heteroatoms. The van der Waals surface area contributed by atoms with Gasteiger partial charge < -0.3 is 10.2 Å². The van der Waals surface area contributed by atoms with Crippen molar-refractivity contribution in [3.63, 3.8) is 0 Å². The lowest BCUT2D eigenvalue weighted by Crippen LogP contribution is -2.11. The van der Waals surface area contributed by atoms with Gasteiger partial charge in [-0.1, -0.05) is 17.7 Å². The second kappa shape index (κ2) is 4.89. The Labute approximate surface area is 120 Å². The van der Waals surface area contributed by atoms with Crippen molar-refractivity contribution < 1.29 is 8.81 Å². The highest BCUT2D eigenvalue weighted by atomic mass is 35.5. The molecule has 0 aliphatic carbocycles. The number of halogens is 2. The number of aromatic nitrogens is 1. The van der Waals surface area contributed by atoms with Gasteiger partial charge in [0, 0.05) is 16.8 Å². The van der Waals surface area contributed by atoms with Gasteiger partial charge in [-0.15, -0.1) is 0 Å². The Morgan fingerprint density at radius 1 is 1.25 bits per heavy atom. The van der Waals surface area contributed by atoms with E-state index >= 15 is 0 Å². The molecule has 0 aliphatic rings. The zero-order chi connectivity index (χ0) is 14.3. The number of furan rings is 1. The molecular weight excluding hydrogens is 279 g/mol. The lowest BCUT2D eigenvalue weighted by Gasteiger charge is -2.10. The van der Waals surface area contributed by atoms with Gasteiger partial charge in [0.15, 0.2) is 5.58 Å². The van der Waals surface area contributed by atoms with Gasteiger partial charge in [-0.05, 0) is 36.8 Å². The van der Waals surface area contributed by atoms with Crippen molar-refractivity contribution in [3.05, 3.63) is 64.3 Å². The van der Waals surface area contributed by atoms with Gasteiger partial charge in [0.05, 0.1) is 6.04 Å². The van der Waals surface area contributed by atoms with Crippen molar-refractivity contribution in [2.24, 2.45) is 5.73 Å². The van der Waals surface area contributed by atoms with Crippen LogP contribution in [-0.2, 0) is 0 Å². The van der Waals surface area contributed by atoms with Crippen molar-refractivity contribution in [3.8, 4) is 0 Å². The zero-order valence-electron chi connectivity index (χ0n) is 10.7. The summed E-state index contributed by atoms with van der Waals surface area (Å²) in [6.45, 7) is 1.91. The fourth-order valence-corrected chi connectivity index (χ4v) is 2.39. The Kier molecular flexibility index (Phi) is 3.20. The summed E-state index contributed by atoms with van der Waals surface area (Å²) in [5.74, 6) is 0.152. The quantitative estimate of drug-likeness (QED) is 0.777. The van der Waals surface area contributed by atoms with Gasteiger partial charge in [-0.3, -0.25) is 0 Å². The van der Waals surface area contributed by atoms with E-state index in [1.807, 2.05) is 19.1 Å². The molecule has 0 saturated heterocycles. The summed E-state index contributed by atoms with van der Waals surface area (Å²) in [7, 11) is 0. The van der Waals surface area contributed by atoms with Crippen LogP contribution in [0.3, 0.4) is 0 Å². The molecule has 1 aromatic carbocycles. The van der Waals surface area contributed by atoms with Gasteiger partial charge in [0.25, 0.3) is 0 Å². The van der Waals surface area contributed by atoms with Crippen LogP contribution < -0.4 is 5.73 Å². The summed E-state index contributed by atoms with van der Waals surface area (Å²) < 4.78 is 18.8. The van der Waals surface area contributed by atoms with Gasteiger partial charge in [0.2, 0.25) is 0 Å². The molecule has 0 saturated carbocycles. The molecule has 0 fully saturated rings. The second-order valence-corrected chi connectivity index (χ2v) is 5.04. The summed E-state index contributed by atoms with van der Waals surface area (Å²) in [6, 6.07) is 9.07. The first-order valence-electron chi connectivity index (χ1n) is 6.12. The predicted molar refractivity (Wildman–Crippen MR) is 76.2 cm³/mol. The summed E-state index contributed by atoms with van der Waals surface area (Å²) in [5, 5.41) is 0.280. The van der Waals surface area contributed by atoms with E-state index in [0.29, 0.717) is 16.9 Å². The summed E-state index contributed by atoms with van der Waals surface area (Å²) in [4.78, 5) is 4.37. The second-order valence-electron chi connectivity index (χ2n) is 4.63. The van der Waals surface area contributed by atoms with Crippen LogP contribution in [0.1, 0.15) is 23.1 Å². The number of nitrogens with zero attached hydrogens (tertiary/aromatic N) is 1. The van der Waals surface area contributed by atoms with Gasteiger partial charge in [0.1, 0.15) is 17.1 Å². The molecule has 1 atom stereocenters. The molecular formula is C15H12ClFN2O. The first kappa shape index (κ1) is 13.1. The van der Waals surface area contributed by atoms with Crippen LogP contribution in [0.2, 0.25) is 5.02 Å². The topological polar surface area (TPSA) is 52.0 Å². The van der Waals surface area contributed by atoms with Crippen molar-refractivity contribution in [2.75, 3.05) is 0 Å². The number of fused-ring (bicyclic) bond motifs is 1. The highest BCUT2D eigenvalue weighted by molar-refractivity contribution is 6.31. The van der Waals surface area contributed by atoms with E-state index in [4.69, 9.17) is 21.8 Å². The lowest BCUT2D eigenvalue weighted by molar-refractivity contribution is 0.524. The van der Waals surface area contributed by atoms with E-state index in [9.17, 15) is 4.39 Å². The molecule has 2 N–H and O–H groups in total. The van der Waals surface area contributed by atoms with Crippen LogP contribution in [0.15, 0.2) is 40.8 Å². The standard InChI is InChI=1S/C15H12ClFN2O/c1-8-2-5-13-12(19-8)7-14(20-13)15(18)10-4-3-9(17)6-11(10)16/h2-7,15H,18H2,1H3. The summed E-state index contributed by atoms with van der Waals surface area (Å²) >= 11 is 6.02. The Bertz CT molecular complexity index is 785. The van der Waals surface area contributed by atoms with E-state index in [-0.39, 0.29) is 5.02 Å². The maximum Gasteiger partial charge on any atom is 0.152 e. The summed E-state index contributed by atoms with van der Waals surface area (Å²) in [6.07, 6.45) is 0. The molecule has 2 heterocycles. The maximum absolute atomic E-state index is 13.1. The third-order valence-electron chi connectivity index (χ3n) is 3.14. The molecule has 3 nitrogen and oxygen atoms in total. The molecule has 1 unspecified atom stereocenters. The molecule has 3 aromatic rings. The first-order chi connectivity index (χ1) is 9.54. The minimum absolute atomic E-state index is 0.280. The van der Waals surface area contributed by atoms with Crippen LogP contribution in [0.5, 0.6) is 0 Å². The summed E-state index contributed by atoms with van der Waals surface area (Å²) in [5.41, 5.74) is 9.07. The van der Waals surface area contributed by atoms with E-state index in [2.05, 4.69) is 4.98 Å². The maximum atomic E-state index is 13.1. The Balaban J connectivity index is 2.05. The minimum Gasteiger partial charge on any atom is -0.457 e. The molecule has 0 radical (unpaired) electrons.